The number of nitrogens with zero attached hydrogens (tertiary/aromatic N) is 1. The lowest BCUT2D eigenvalue weighted by atomic mass is 9.90. The summed E-state index contributed by atoms with van der Waals surface area (Å²) < 4.78 is 84.5. The van der Waals surface area contributed by atoms with Crippen molar-refractivity contribution in [2.75, 3.05) is 20.2 Å². The molecule has 5 nitrogen and oxygen atoms in total. The van der Waals surface area contributed by atoms with Gasteiger partial charge in [0.2, 0.25) is 5.91 Å². The fourth-order valence-corrected chi connectivity index (χ4v) is 3.56. The normalized spacial score (nSPS) is 23.9. The summed E-state index contributed by atoms with van der Waals surface area (Å²) in [5, 5.41) is 2.93. The molecule has 36 heavy (non-hydrogen) atoms. The minimum absolute atomic E-state index is 0.0658. The maximum atomic E-state index is 13.1. The molecule has 2 saturated carbocycles. The third-order valence-electron chi connectivity index (χ3n) is 6.67. The Morgan fingerprint density at radius 3 is 2.06 bits per heavy atom. The van der Waals surface area contributed by atoms with Crippen molar-refractivity contribution in [1.82, 2.24) is 10.2 Å². The van der Waals surface area contributed by atoms with Crippen molar-refractivity contribution in [2.24, 2.45) is 5.73 Å². The van der Waals surface area contributed by atoms with Crippen molar-refractivity contribution in [3.05, 3.63) is 46.5 Å². The molecule has 3 aliphatic rings. The van der Waals surface area contributed by atoms with E-state index < -0.39 is 35.1 Å². The largest absolute Gasteiger partial charge is 0.416 e. The van der Waals surface area contributed by atoms with Crippen LogP contribution in [0.1, 0.15) is 68.7 Å². The first kappa shape index (κ1) is 28.5. The van der Waals surface area contributed by atoms with Crippen LogP contribution in [-0.4, -0.2) is 48.6 Å². The van der Waals surface area contributed by atoms with Crippen LogP contribution in [0.15, 0.2) is 29.8 Å². The van der Waals surface area contributed by atoms with Crippen molar-refractivity contribution in [2.45, 2.75) is 82.0 Å². The molecule has 1 amide bonds. The molecule has 2 aliphatic carbocycles. The number of halogens is 6. The first-order valence-electron chi connectivity index (χ1n) is 12.0. The second-order valence-electron chi connectivity index (χ2n) is 10.2. The number of amides is 1. The Bertz CT molecular complexity index is 937. The Kier molecular flexibility index (Phi) is 8.47. The third-order valence-corrected chi connectivity index (χ3v) is 6.67. The van der Waals surface area contributed by atoms with Crippen molar-refractivity contribution < 1.29 is 35.9 Å². The van der Waals surface area contributed by atoms with E-state index in [0.717, 1.165) is 12.8 Å². The summed E-state index contributed by atoms with van der Waals surface area (Å²) in [6.07, 6.45) is -4.06. The zero-order chi connectivity index (χ0) is 26.9. The molecule has 2 atom stereocenters. The maximum Gasteiger partial charge on any atom is 0.416 e. The summed E-state index contributed by atoms with van der Waals surface area (Å²) in [7, 11) is 1.80. The molecule has 0 spiro atoms. The second kappa shape index (κ2) is 10.7. The molecular formula is C25H33F6N3O2. The number of hydrogen-bond donors (Lipinski definition) is 2. The number of nitrogens with one attached hydrogen (secondary N) is 1. The van der Waals surface area contributed by atoms with Gasteiger partial charge < -0.3 is 15.8 Å². The molecule has 0 bridgehead atoms. The van der Waals surface area contributed by atoms with Gasteiger partial charge in [0.15, 0.2) is 0 Å². The molecular weight excluding hydrogens is 488 g/mol. The van der Waals surface area contributed by atoms with Gasteiger partial charge in [0, 0.05) is 29.7 Å². The van der Waals surface area contributed by atoms with E-state index in [1.807, 2.05) is 17.9 Å². The van der Waals surface area contributed by atoms with Gasteiger partial charge in [0.05, 0.1) is 23.8 Å². The van der Waals surface area contributed by atoms with Crippen molar-refractivity contribution in [1.29, 1.82) is 0 Å². The fourth-order valence-electron chi connectivity index (χ4n) is 3.56. The first-order valence-corrected chi connectivity index (χ1v) is 12.0. The minimum atomic E-state index is -4.91. The van der Waals surface area contributed by atoms with Crippen LogP contribution in [0.2, 0.25) is 0 Å². The highest BCUT2D eigenvalue weighted by atomic mass is 19.4. The first-order chi connectivity index (χ1) is 16.6. The van der Waals surface area contributed by atoms with Crippen LogP contribution in [0.3, 0.4) is 0 Å². The number of likely N-dealkylation sites (N-methyl/N-ethyl adjacent to an activating group) is 1. The van der Waals surface area contributed by atoms with Crippen LogP contribution in [-0.2, 0) is 21.9 Å². The number of carbonyl (C=O) groups is 1. The molecule has 0 unspecified atom stereocenters. The van der Waals surface area contributed by atoms with Crippen LogP contribution < -0.4 is 11.1 Å². The van der Waals surface area contributed by atoms with Gasteiger partial charge in [-0.25, -0.2) is 0 Å². The molecule has 3 N–H and O–H groups in total. The molecule has 11 heteroatoms. The third kappa shape index (κ3) is 7.94. The van der Waals surface area contributed by atoms with Gasteiger partial charge in [0.1, 0.15) is 0 Å². The average molecular weight is 522 g/mol. The van der Waals surface area contributed by atoms with E-state index in [2.05, 4.69) is 5.32 Å². The number of benzene rings is 1. The molecule has 1 heterocycles. The standard InChI is InChI=1S/C22H26F6N2O2.C3H7N/c1-13(15-8-16(21(23,24)25)10-17(9-15)22(26,27)28)32-12-20(2)7-6-14(11-30(20)3)19(31)29-18-4-5-18;4-3-1-2-3/h6,8-10,13,18H,4-5,7,11-12H2,1-3H3,(H,29,31);3H,1-2,4H2/t13-,20-;/m1./s1. The highest BCUT2D eigenvalue weighted by molar-refractivity contribution is 5.94. The lowest BCUT2D eigenvalue weighted by molar-refractivity contribution is -0.143. The summed E-state index contributed by atoms with van der Waals surface area (Å²) in [6, 6.07) is 2.30. The Labute approximate surface area is 207 Å². The average Bonchev–Trinajstić information content (AvgIpc) is 3.72. The summed E-state index contributed by atoms with van der Waals surface area (Å²) in [6.45, 7) is 3.73. The van der Waals surface area contributed by atoms with Crippen LogP contribution in [0.25, 0.3) is 0 Å². The number of ether oxygens (including phenoxy) is 1. The smallest absolute Gasteiger partial charge is 0.372 e. The van der Waals surface area contributed by atoms with Gasteiger partial charge in [-0.05, 0) is 76.8 Å². The molecule has 1 aromatic rings. The van der Waals surface area contributed by atoms with Crippen molar-refractivity contribution in [3.63, 3.8) is 0 Å². The molecule has 202 valence electrons. The van der Waals surface area contributed by atoms with Gasteiger partial charge in [-0.1, -0.05) is 6.08 Å². The topological polar surface area (TPSA) is 67.6 Å². The summed E-state index contributed by atoms with van der Waals surface area (Å²) >= 11 is 0. The predicted octanol–water partition coefficient (Wildman–Crippen LogP) is 5.21. The monoisotopic (exact) mass is 521 g/mol. The fraction of sp³-hybridized carbons (Fsp3) is 0.640. The van der Waals surface area contributed by atoms with E-state index in [0.29, 0.717) is 36.7 Å². The van der Waals surface area contributed by atoms with E-state index in [9.17, 15) is 31.1 Å². The summed E-state index contributed by atoms with van der Waals surface area (Å²) in [5.74, 6) is -0.112. The molecule has 4 rings (SSSR count). The lowest BCUT2D eigenvalue weighted by Crippen LogP contribution is -2.51. The van der Waals surface area contributed by atoms with Gasteiger partial charge >= 0.3 is 12.4 Å². The number of alkyl halides is 6. The van der Waals surface area contributed by atoms with Gasteiger partial charge in [-0.3, -0.25) is 9.69 Å². The molecule has 0 saturated heterocycles. The number of nitrogens with two attached hydrogens (primary N) is 1. The highest BCUT2D eigenvalue weighted by Crippen LogP contribution is 2.38. The van der Waals surface area contributed by atoms with Crippen LogP contribution in [0, 0.1) is 0 Å². The van der Waals surface area contributed by atoms with E-state index in [1.54, 1.807) is 7.05 Å². The zero-order valence-corrected chi connectivity index (χ0v) is 20.6. The van der Waals surface area contributed by atoms with Crippen LogP contribution in [0.4, 0.5) is 26.3 Å². The molecule has 0 radical (unpaired) electrons. The highest BCUT2D eigenvalue weighted by Gasteiger charge is 2.38. The van der Waals surface area contributed by atoms with Crippen LogP contribution in [0.5, 0.6) is 0 Å². The Hall–Kier alpha value is -2.11. The molecule has 2 fully saturated rings. The zero-order valence-electron chi connectivity index (χ0n) is 20.6. The van der Waals surface area contributed by atoms with Crippen molar-refractivity contribution >= 4 is 5.91 Å². The molecule has 1 aromatic carbocycles. The quantitative estimate of drug-likeness (QED) is 0.505. The van der Waals surface area contributed by atoms with Gasteiger partial charge in [-0.2, -0.15) is 26.3 Å². The SMILES string of the molecule is C[C@@H](OC[C@@]1(C)CC=C(C(=O)NC2CC2)CN1C)c1cc(C(F)(F)F)cc(C(F)(F)F)c1.NC1CC1. The minimum Gasteiger partial charge on any atom is -0.372 e. The van der Waals surface area contributed by atoms with E-state index in [4.69, 9.17) is 10.5 Å². The Balaban J connectivity index is 0.000000819. The Morgan fingerprint density at radius 2 is 1.64 bits per heavy atom. The second-order valence-corrected chi connectivity index (χ2v) is 10.2. The van der Waals surface area contributed by atoms with Crippen LogP contribution >= 0.6 is 0 Å². The number of hydrogen-bond acceptors (Lipinski definition) is 4. The maximum absolute atomic E-state index is 13.1. The van der Waals surface area contributed by atoms with Gasteiger partial charge in [-0.15, -0.1) is 0 Å². The summed E-state index contributed by atoms with van der Waals surface area (Å²) in [5.41, 5.74) is 2.36. The van der Waals surface area contributed by atoms with E-state index >= 15 is 0 Å². The number of rotatable bonds is 6. The lowest BCUT2D eigenvalue weighted by Gasteiger charge is -2.42. The van der Waals surface area contributed by atoms with E-state index in [-0.39, 0.29) is 30.2 Å². The molecule has 0 aromatic heterocycles. The van der Waals surface area contributed by atoms with Crippen molar-refractivity contribution in [3.8, 4) is 0 Å². The number of carbonyl (C=O) groups excluding carboxylic acids is 1. The summed E-state index contributed by atoms with van der Waals surface area (Å²) in [4.78, 5) is 14.2. The van der Waals surface area contributed by atoms with Gasteiger partial charge in [0.25, 0.3) is 0 Å². The predicted molar refractivity (Wildman–Crippen MR) is 123 cm³/mol. The van der Waals surface area contributed by atoms with E-state index in [1.165, 1.54) is 19.8 Å². The molecule has 1 aliphatic heterocycles. The Morgan fingerprint density at radius 1 is 1.11 bits per heavy atom.